The summed E-state index contributed by atoms with van der Waals surface area (Å²) in [5, 5.41) is 0. The molecule has 4 heteroatoms. The van der Waals surface area contributed by atoms with Crippen molar-refractivity contribution in [3.63, 3.8) is 0 Å². The summed E-state index contributed by atoms with van der Waals surface area (Å²) in [6, 6.07) is 15.9. The predicted molar refractivity (Wildman–Crippen MR) is 86.1 cm³/mol. The van der Waals surface area contributed by atoms with E-state index in [1.165, 1.54) is 11.1 Å². The summed E-state index contributed by atoms with van der Waals surface area (Å²) in [6.45, 7) is 8.55. The zero-order valence-electron chi connectivity index (χ0n) is 13.9. The van der Waals surface area contributed by atoms with Crippen LogP contribution in [0, 0.1) is 6.92 Å². The van der Waals surface area contributed by atoms with Gasteiger partial charge in [0.25, 0.3) is 0 Å². The summed E-state index contributed by atoms with van der Waals surface area (Å²) < 4.78 is 0. The Bertz CT molecular complexity index is 633. The first-order valence-corrected chi connectivity index (χ1v) is 7.75. The van der Waals surface area contributed by atoms with Crippen molar-refractivity contribution in [1.29, 1.82) is 0 Å². The molecule has 23 heavy (non-hydrogen) atoms. The van der Waals surface area contributed by atoms with Crippen molar-refractivity contribution in [3.8, 4) is 0 Å². The molecule has 0 aromatic heterocycles. The molecular weight excluding hydrogens is 292 g/mol. The summed E-state index contributed by atoms with van der Waals surface area (Å²) in [5.41, 5.74) is 4.22. The monoisotopic (exact) mass is 314 g/mol. The van der Waals surface area contributed by atoms with Crippen molar-refractivity contribution >= 4 is 0 Å². The van der Waals surface area contributed by atoms with E-state index >= 15 is 0 Å². The van der Waals surface area contributed by atoms with Crippen molar-refractivity contribution in [1.82, 2.24) is 0 Å². The molecule has 2 aromatic rings. The van der Waals surface area contributed by atoms with Crippen LogP contribution in [0.2, 0.25) is 0 Å². The molecule has 1 aliphatic heterocycles. The molecule has 0 aliphatic carbocycles. The Hall–Kier alpha value is -1.72. The summed E-state index contributed by atoms with van der Waals surface area (Å²) in [5.74, 6) is 0. The van der Waals surface area contributed by atoms with E-state index in [4.69, 9.17) is 19.6 Å². The fourth-order valence-electron chi connectivity index (χ4n) is 2.32. The van der Waals surface area contributed by atoms with Crippen LogP contribution in [-0.2, 0) is 25.0 Å². The minimum atomic E-state index is -0.689. The van der Waals surface area contributed by atoms with Crippen molar-refractivity contribution in [2.45, 2.75) is 45.7 Å². The number of hydrogen-bond acceptors (Lipinski definition) is 4. The minimum absolute atomic E-state index is 0.107. The largest absolute Gasteiger partial charge is 0.249 e. The molecule has 2 aromatic carbocycles. The Morgan fingerprint density at radius 2 is 1.04 bits per heavy atom. The normalized spacial score (nSPS) is 22.1. The van der Waals surface area contributed by atoms with Crippen molar-refractivity contribution in [2.24, 2.45) is 0 Å². The van der Waals surface area contributed by atoms with Gasteiger partial charge in [-0.05, 0) is 17.9 Å². The average molecular weight is 314 g/mol. The van der Waals surface area contributed by atoms with Crippen LogP contribution in [0.15, 0.2) is 48.5 Å². The molecule has 0 amide bonds. The summed E-state index contributed by atoms with van der Waals surface area (Å²) >= 11 is 0. The van der Waals surface area contributed by atoms with Crippen molar-refractivity contribution < 1.29 is 19.6 Å². The molecule has 1 saturated heterocycles. The van der Waals surface area contributed by atoms with Gasteiger partial charge < -0.3 is 0 Å². The fourth-order valence-corrected chi connectivity index (χ4v) is 2.32. The van der Waals surface area contributed by atoms with Gasteiger partial charge in [0, 0.05) is 11.1 Å². The molecular formula is C19H22O4. The van der Waals surface area contributed by atoms with Crippen LogP contribution in [0.3, 0.4) is 0 Å². The van der Waals surface area contributed by atoms with Gasteiger partial charge in [-0.1, -0.05) is 74.9 Å². The molecule has 0 atom stereocenters. The Kier molecular flexibility index (Phi) is 4.50. The molecule has 0 saturated carbocycles. The molecule has 1 aliphatic rings. The highest BCUT2D eigenvalue weighted by Gasteiger charge is 2.28. The second kappa shape index (κ2) is 6.42. The second-order valence-electron chi connectivity index (χ2n) is 6.83. The molecule has 0 unspecified atom stereocenters. The predicted octanol–water partition coefficient (Wildman–Crippen LogP) is 4.90. The SMILES string of the molecule is Cc1ccc(C2OOC(c3ccc(C(C)(C)C)cc3)OO2)cc1. The lowest BCUT2D eigenvalue weighted by atomic mass is 9.87. The van der Waals surface area contributed by atoms with Crippen molar-refractivity contribution in [2.75, 3.05) is 0 Å². The molecule has 122 valence electrons. The van der Waals surface area contributed by atoms with E-state index in [0.717, 1.165) is 11.1 Å². The van der Waals surface area contributed by atoms with Crippen LogP contribution >= 0.6 is 0 Å². The maximum absolute atomic E-state index is 5.34. The van der Waals surface area contributed by atoms with Crippen LogP contribution < -0.4 is 0 Å². The van der Waals surface area contributed by atoms with Gasteiger partial charge in [0.15, 0.2) is 0 Å². The van der Waals surface area contributed by atoms with E-state index in [1.807, 2.05) is 43.3 Å². The van der Waals surface area contributed by atoms with Gasteiger partial charge in [-0.2, -0.15) is 19.6 Å². The first-order chi connectivity index (χ1) is 10.9. The second-order valence-corrected chi connectivity index (χ2v) is 6.83. The van der Waals surface area contributed by atoms with Crippen LogP contribution in [-0.4, -0.2) is 0 Å². The highest BCUT2D eigenvalue weighted by atomic mass is 17.4. The van der Waals surface area contributed by atoms with Gasteiger partial charge in [-0.25, -0.2) is 0 Å². The van der Waals surface area contributed by atoms with Gasteiger partial charge in [-0.3, -0.25) is 0 Å². The standard InChI is InChI=1S/C19H22O4/c1-13-5-7-14(8-6-13)17-20-22-18(23-21-17)15-9-11-16(12-10-15)19(2,3)4/h5-12,17-18H,1-4H3. The molecule has 3 rings (SSSR count). The van der Waals surface area contributed by atoms with Crippen LogP contribution in [0.4, 0.5) is 0 Å². The highest BCUT2D eigenvalue weighted by Crippen LogP contribution is 2.33. The minimum Gasteiger partial charge on any atom is -0.193 e. The fraction of sp³-hybridized carbons (Fsp3) is 0.368. The first kappa shape index (κ1) is 16.1. The number of benzene rings is 2. The maximum atomic E-state index is 5.34. The highest BCUT2D eigenvalue weighted by molar-refractivity contribution is 5.28. The summed E-state index contributed by atoms with van der Waals surface area (Å²) in [6.07, 6.45) is -1.37. The first-order valence-electron chi connectivity index (χ1n) is 7.75. The summed E-state index contributed by atoms with van der Waals surface area (Å²) in [4.78, 5) is 21.3. The van der Waals surface area contributed by atoms with Crippen LogP contribution in [0.25, 0.3) is 0 Å². The molecule has 1 fully saturated rings. The molecule has 0 spiro atoms. The topological polar surface area (TPSA) is 36.9 Å². The molecule has 1 heterocycles. The lowest BCUT2D eigenvalue weighted by Gasteiger charge is -2.27. The lowest BCUT2D eigenvalue weighted by Crippen LogP contribution is -2.22. The van der Waals surface area contributed by atoms with E-state index in [1.54, 1.807) is 0 Å². The summed E-state index contributed by atoms with van der Waals surface area (Å²) in [7, 11) is 0. The van der Waals surface area contributed by atoms with E-state index < -0.39 is 12.6 Å². The molecule has 0 N–H and O–H groups in total. The molecule has 0 bridgehead atoms. The smallest absolute Gasteiger partial charge is 0.193 e. The Morgan fingerprint density at radius 1 is 0.652 bits per heavy atom. The third-order valence-electron chi connectivity index (χ3n) is 3.86. The van der Waals surface area contributed by atoms with Gasteiger partial charge in [0.2, 0.25) is 12.6 Å². The van der Waals surface area contributed by atoms with Crippen molar-refractivity contribution in [3.05, 3.63) is 70.8 Å². The van der Waals surface area contributed by atoms with E-state index in [9.17, 15) is 0 Å². The Balaban J connectivity index is 1.63. The maximum Gasteiger partial charge on any atom is 0.249 e. The van der Waals surface area contributed by atoms with Gasteiger partial charge in [0.05, 0.1) is 0 Å². The third kappa shape index (κ3) is 3.79. The number of hydrogen-bond donors (Lipinski definition) is 0. The zero-order chi connectivity index (χ0) is 16.4. The number of aryl methyl sites for hydroxylation is 1. The number of rotatable bonds is 2. The molecule has 4 nitrogen and oxygen atoms in total. The Morgan fingerprint density at radius 3 is 1.43 bits per heavy atom. The zero-order valence-corrected chi connectivity index (χ0v) is 13.9. The van der Waals surface area contributed by atoms with Crippen LogP contribution in [0.5, 0.6) is 0 Å². The molecule has 0 radical (unpaired) electrons. The van der Waals surface area contributed by atoms with E-state index in [0.29, 0.717) is 0 Å². The van der Waals surface area contributed by atoms with E-state index in [2.05, 4.69) is 32.9 Å². The van der Waals surface area contributed by atoms with Crippen LogP contribution in [0.1, 0.15) is 55.6 Å². The van der Waals surface area contributed by atoms with Gasteiger partial charge >= 0.3 is 0 Å². The van der Waals surface area contributed by atoms with Gasteiger partial charge in [0.1, 0.15) is 0 Å². The van der Waals surface area contributed by atoms with Gasteiger partial charge in [-0.15, -0.1) is 0 Å². The quantitative estimate of drug-likeness (QED) is 0.739. The Labute approximate surface area is 136 Å². The van der Waals surface area contributed by atoms with E-state index in [-0.39, 0.29) is 5.41 Å². The third-order valence-corrected chi connectivity index (χ3v) is 3.86. The average Bonchev–Trinajstić information content (AvgIpc) is 2.55. The lowest BCUT2D eigenvalue weighted by molar-refractivity contribution is -0.600.